The molecule has 68 heavy (non-hydrogen) atoms. The standard InChI is InChI=1S/C49H47F2N11O6/c1-24-16-31(17-25(2)38(24)50)62-42(58-14-13-57(47(58)66)35-11-10-34-32(39(35)51)22-52-56(34)7)37-27(4)60(43-41(40(37)54-62)59(43)23-63)44(64)36-19-30-18-28(29-12-15-67-48(5,6)21-29)8-9-33(30)61(36)49(20-26(49)3)45-53-46(65)68-55-45/h8-11,13-14,16-19,22-23,26-27,29,41,43H,12,15,20-21H2,1-7H3,(H,53,55,65)/t26-,27-,29-,41?,43?,49-,59?/m0/s1. The summed E-state index contributed by atoms with van der Waals surface area (Å²) in [5, 5.41) is 14.5. The second kappa shape index (κ2) is 14.3. The Labute approximate surface area is 386 Å². The number of aromatic nitrogens is 9. The predicted octanol–water partition coefficient (Wildman–Crippen LogP) is 6.74. The number of benzene rings is 3. The highest BCUT2D eigenvalue weighted by atomic mass is 19.1. The molecule has 0 radical (unpaired) electrons. The van der Waals surface area contributed by atoms with Crippen molar-refractivity contribution in [3.63, 3.8) is 0 Å². The van der Waals surface area contributed by atoms with E-state index in [1.54, 1.807) is 48.7 Å². The summed E-state index contributed by atoms with van der Waals surface area (Å²) in [5.41, 5.74) is 2.85. The largest absolute Gasteiger partial charge is 0.438 e. The monoisotopic (exact) mass is 923 g/mol. The van der Waals surface area contributed by atoms with Crippen LogP contribution in [-0.4, -0.2) is 83.9 Å². The molecule has 1 saturated carbocycles. The van der Waals surface area contributed by atoms with Gasteiger partial charge in [0.15, 0.2) is 11.6 Å². The van der Waals surface area contributed by atoms with Gasteiger partial charge in [0, 0.05) is 42.5 Å². The van der Waals surface area contributed by atoms with E-state index in [1.807, 2.05) is 30.5 Å². The minimum atomic E-state index is -0.947. The van der Waals surface area contributed by atoms with Crippen molar-refractivity contribution in [2.24, 2.45) is 13.0 Å². The van der Waals surface area contributed by atoms with E-state index in [4.69, 9.17) is 14.4 Å². The van der Waals surface area contributed by atoms with E-state index in [0.717, 1.165) is 29.3 Å². The first-order valence-electron chi connectivity index (χ1n) is 22.8. The first kappa shape index (κ1) is 42.0. The highest BCUT2D eigenvalue weighted by Gasteiger charge is 2.63. The number of H-pyrrole nitrogens is 1. The van der Waals surface area contributed by atoms with E-state index >= 15 is 13.6 Å². The minimum Gasteiger partial charge on any atom is -0.376 e. The Morgan fingerprint density at radius 1 is 0.956 bits per heavy atom. The summed E-state index contributed by atoms with van der Waals surface area (Å²) < 4.78 is 50.2. The van der Waals surface area contributed by atoms with Crippen LogP contribution in [0.5, 0.6) is 0 Å². The van der Waals surface area contributed by atoms with Crippen LogP contribution in [0.1, 0.15) is 109 Å². The number of nitrogens with zero attached hydrogens (tertiary/aromatic N) is 10. The molecular weight excluding hydrogens is 877 g/mol. The predicted molar refractivity (Wildman–Crippen MR) is 243 cm³/mol. The average Bonchev–Trinajstić information content (AvgIpc) is 3.67. The smallest absolute Gasteiger partial charge is 0.376 e. The number of carbonyl (C=O) groups excluding carboxylic acids is 2. The number of amides is 2. The molecule has 12 rings (SSSR count). The van der Waals surface area contributed by atoms with E-state index in [9.17, 15) is 14.4 Å². The lowest BCUT2D eigenvalue weighted by molar-refractivity contribution is -0.114. The molecule has 348 valence electrons. The first-order chi connectivity index (χ1) is 32.5. The van der Waals surface area contributed by atoms with Crippen LogP contribution in [-0.2, 0) is 22.1 Å². The maximum atomic E-state index is 16.2. The number of aryl methyl sites for hydroxylation is 3. The van der Waals surface area contributed by atoms with Crippen molar-refractivity contribution in [2.75, 3.05) is 6.61 Å². The molecule has 3 aromatic carbocycles. The van der Waals surface area contributed by atoms with Crippen molar-refractivity contribution in [1.82, 2.24) is 53.2 Å². The van der Waals surface area contributed by atoms with E-state index < -0.39 is 52.8 Å². The third-order valence-electron chi connectivity index (χ3n) is 15.0. The maximum Gasteiger partial charge on any atom is 0.438 e. The summed E-state index contributed by atoms with van der Waals surface area (Å²) in [5.74, 6) is -1.49. The number of rotatable bonds is 8. The molecule has 0 spiro atoms. The number of carbonyl (C=O) groups is 2. The van der Waals surface area contributed by atoms with Crippen LogP contribution in [0, 0.1) is 31.4 Å². The van der Waals surface area contributed by atoms with Gasteiger partial charge in [0.25, 0.3) is 5.91 Å². The Kier molecular flexibility index (Phi) is 8.83. The Hall–Kier alpha value is -7.41. The van der Waals surface area contributed by atoms with E-state index in [0.29, 0.717) is 64.5 Å². The molecule has 8 aromatic rings. The lowest BCUT2D eigenvalue weighted by atomic mass is 9.83. The van der Waals surface area contributed by atoms with Gasteiger partial charge < -0.3 is 19.1 Å². The van der Waals surface area contributed by atoms with Gasteiger partial charge in [0.2, 0.25) is 6.41 Å². The molecule has 8 heterocycles. The summed E-state index contributed by atoms with van der Waals surface area (Å²) in [7, 11) is 1.70. The zero-order chi connectivity index (χ0) is 47.5. The van der Waals surface area contributed by atoms with Crippen molar-refractivity contribution in [2.45, 2.75) is 96.1 Å². The minimum absolute atomic E-state index is 0.00454. The fourth-order valence-electron chi connectivity index (χ4n) is 11.5. The van der Waals surface area contributed by atoms with Gasteiger partial charge in [-0.05, 0) is 125 Å². The lowest BCUT2D eigenvalue weighted by Crippen LogP contribution is -2.42. The van der Waals surface area contributed by atoms with E-state index in [1.165, 1.54) is 43.4 Å². The van der Waals surface area contributed by atoms with Gasteiger partial charge in [-0.2, -0.15) is 10.2 Å². The highest BCUT2D eigenvalue weighted by molar-refractivity contribution is 6.00. The SMILES string of the molecule is Cc1cc(-n2nc3c(c2-n2ccn(-c4ccc5c(cnn5C)c4F)c2=O)[C@H](C)N(C(=O)c2cc4cc([C@H]5CCOC(C)(C)C5)ccc4n2[C@@]2(c4noc(=O)[nH]4)C[C@@H]2C)C2C3N2C=O)cc(C)c1F. The van der Waals surface area contributed by atoms with Gasteiger partial charge in [-0.15, -0.1) is 0 Å². The Morgan fingerprint density at radius 2 is 1.69 bits per heavy atom. The number of nitrogens with one attached hydrogen (secondary N) is 1. The summed E-state index contributed by atoms with van der Waals surface area (Å²) in [6, 6.07) is 13.0. The number of imidazole rings is 1. The van der Waals surface area contributed by atoms with Gasteiger partial charge >= 0.3 is 11.4 Å². The molecule has 0 bridgehead atoms. The quantitative estimate of drug-likeness (QED) is 0.128. The number of hydrogen-bond acceptors (Lipinski definition) is 9. The van der Waals surface area contributed by atoms with Crippen LogP contribution in [0.2, 0.25) is 0 Å². The third-order valence-corrected chi connectivity index (χ3v) is 15.0. The number of fused-ring (bicyclic) bond motifs is 5. The van der Waals surface area contributed by atoms with Crippen molar-refractivity contribution < 1.29 is 27.6 Å². The molecule has 1 N–H and O–H groups in total. The van der Waals surface area contributed by atoms with Crippen molar-refractivity contribution in [3.8, 4) is 17.2 Å². The molecule has 17 nitrogen and oxygen atoms in total. The molecule has 2 amide bonds. The highest BCUT2D eigenvalue weighted by Crippen LogP contribution is 2.58. The van der Waals surface area contributed by atoms with Gasteiger partial charge in [-0.25, -0.2) is 23.1 Å². The summed E-state index contributed by atoms with van der Waals surface area (Å²) in [4.78, 5) is 62.2. The number of ether oxygens (including phenoxy) is 1. The summed E-state index contributed by atoms with van der Waals surface area (Å²) in [6.45, 7) is 11.9. The van der Waals surface area contributed by atoms with E-state index in [2.05, 4.69) is 41.2 Å². The Morgan fingerprint density at radius 3 is 2.38 bits per heavy atom. The topological polar surface area (TPSA) is 176 Å². The fourth-order valence-corrected chi connectivity index (χ4v) is 11.5. The number of hydrogen-bond donors (Lipinski definition) is 1. The molecule has 4 aliphatic rings. The van der Waals surface area contributed by atoms with Crippen LogP contribution >= 0.6 is 0 Å². The summed E-state index contributed by atoms with van der Waals surface area (Å²) >= 11 is 0. The maximum absolute atomic E-state index is 16.2. The van der Waals surface area contributed by atoms with Gasteiger partial charge in [-0.1, -0.05) is 18.1 Å². The zero-order valence-corrected chi connectivity index (χ0v) is 38.3. The van der Waals surface area contributed by atoms with Gasteiger partial charge in [0.05, 0.1) is 45.8 Å². The Bertz CT molecular complexity index is 3570. The van der Waals surface area contributed by atoms with Crippen LogP contribution in [0.15, 0.2) is 81.2 Å². The lowest BCUT2D eigenvalue weighted by Gasteiger charge is -2.35. The van der Waals surface area contributed by atoms with E-state index in [-0.39, 0.29) is 34.3 Å². The zero-order valence-electron chi connectivity index (χ0n) is 38.3. The third kappa shape index (κ3) is 5.83. The molecule has 2 unspecified atom stereocenters. The normalized spacial score (nSPS) is 23.9. The second-order valence-electron chi connectivity index (χ2n) is 19.6. The van der Waals surface area contributed by atoms with Crippen molar-refractivity contribution in [3.05, 3.63) is 139 Å². The molecule has 3 fully saturated rings. The van der Waals surface area contributed by atoms with Crippen molar-refractivity contribution in [1.29, 1.82) is 0 Å². The van der Waals surface area contributed by atoms with Crippen molar-refractivity contribution >= 4 is 34.1 Å². The number of halogens is 2. The Balaban J connectivity index is 1.05. The first-order valence-corrected chi connectivity index (χ1v) is 22.8. The number of aromatic amines is 1. The summed E-state index contributed by atoms with van der Waals surface area (Å²) in [6.07, 6.45) is 6.50. The molecule has 6 atom stereocenters. The van der Waals surface area contributed by atoms with Crippen LogP contribution < -0.4 is 11.4 Å². The molecule has 1 aliphatic carbocycles. The molecular formula is C49H47F2N11O6. The molecule has 3 aliphatic heterocycles. The molecule has 5 aromatic heterocycles. The second-order valence-corrected chi connectivity index (χ2v) is 19.6. The van der Waals surface area contributed by atoms with Gasteiger partial charge in [0.1, 0.15) is 35.1 Å². The van der Waals surface area contributed by atoms with Crippen LogP contribution in [0.25, 0.3) is 39.0 Å². The van der Waals surface area contributed by atoms with Crippen LogP contribution in [0.3, 0.4) is 0 Å². The molecule has 2 saturated heterocycles. The van der Waals surface area contributed by atoms with Gasteiger partial charge in [-0.3, -0.25) is 32.9 Å². The average molecular weight is 924 g/mol. The fraction of sp³-hybridized carbons (Fsp3) is 0.367. The van der Waals surface area contributed by atoms with Crippen LogP contribution in [0.4, 0.5) is 8.78 Å². The molecule has 19 heteroatoms.